The molecule has 0 fully saturated rings. The average molecular weight is 244 g/mol. The Morgan fingerprint density at radius 3 is 2.53 bits per heavy atom. The Balaban J connectivity index is 2.36. The first-order chi connectivity index (χ1) is 9.33. The van der Waals surface area contributed by atoms with E-state index in [0.717, 1.165) is 11.2 Å². The number of pyridine rings is 2. The van der Waals surface area contributed by atoms with Gasteiger partial charge in [-0.05, 0) is 24.4 Å². The molecule has 0 radical (unpaired) electrons. The zero-order chi connectivity index (χ0) is 12.8. The lowest BCUT2D eigenvalue weighted by atomic mass is 10.0. The summed E-state index contributed by atoms with van der Waals surface area (Å²) in [7, 11) is 0. The van der Waals surface area contributed by atoms with Gasteiger partial charge >= 0.3 is 0 Å². The second kappa shape index (κ2) is 3.75. The minimum Gasteiger partial charge on any atom is -0.261 e. The zero-order valence-electron chi connectivity index (χ0n) is 10.6. The van der Waals surface area contributed by atoms with E-state index >= 15 is 0 Å². The molecule has 0 aliphatic heterocycles. The van der Waals surface area contributed by atoms with Gasteiger partial charge in [0.15, 0.2) is 0 Å². The number of hydrogen-bond donors (Lipinski definition) is 0. The van der Waals surface area contributed by atoms with Crippen molar-refractivity contribution in [1.82, 2.24) is 9.97 Å². The molecule has 0 amide bonds. The van der Waals surface area contributed by atoms with Crippen LogP contribution < -0.4 is 0 Å². The maximum absolute atomic E-state index is 4.52. The van der Waals surface area contributed by atoms with E-state index in [1.807, 2.05) is 25.4 Å². The Morgan fingerprint density at radius 2 is 1.58 bits per heavy atom. The number of hydrogen-bond acceptors (Lipinski definition) is 2. The quantitative estimate of drug-likeness (QED) is 0.432. The summed E-state index contributed by atoms with van der Waals surface area (Å²) in [4.78, 5) is 8.90. The average Bonchev–Trinajstić information content (AvgIpc) is 2.46. The van der Waals surface area contributed by atoms with E-state index in [-0.39, 0.29) is 0 Å². The normalized spacial score (nSPS) is 11.4. The summed E-state index contributed by atoms with van der Waals surface area (Å²) in [5.41, 5.74) is 2.08. The van der Waals surface area contributed by atoms with Gasteiger partial charge in [-0.3, -0.25) is 9.97 Å². The van der Waals surface area contributed by atoms with Crippen molar-refractivity contribution in [2.75, 3.05) is 0 Å². The van der Waals surface area contributed by atoms with E-state index < -0.39 is 0 Å². The van der Waals surface area contributed by atoms with Crippen molar-refractivity contribution in [2.24, 2.45) is 0 Å². The van der Waals surface area contributed by atoms with Crippen LogP contribution in [0.4, 0.5) is 0 Å². The second-order valence-electron chi connectivity index (χ2n) is 4.85. The summed E-state index contributed by atoms with van der Waals surface area (Å²) >= 11 is 0. The van der Waals surface area contributed by atoms with Gasteiger partial charge in [0.1, 0.15) is 0 Å². The van der Waals surface area contributed by atoms with Gasteiger partial charge in [-0.2, -0.15) is 0 Å². The van der Waals surface area contributed by atoms with Gasteiger partial charge in [0.05, 0.1) is 5.52 Å². The van der Waals surface area contributed by atoms with E-state index in [4.69, 9.17) is 0 Å². The third kappa shape index (κ3) is 1.50. The monoisotopic (exact) mass is 244 g/mol. The fourth-order valence-corrected chi connectivity index (χ4v) is 2.68. The number of benzene rings is 2. The number of fused-ring (bicyclic) bond motifs is 5. The largest absolute Gasteiger partial charge is 0.261 e. The highest BCUT2D eigenvalue weighted by atomic mass is 14.7. The Labute approximate surface area is 110 Å². The van der Waals surface area contributed by atoms with Crippen molar-refractivity contribution in [1.29, 1.82) is 0 Å². The smallest absolute Gasteiger partial charge is 0.0708 e. The Kier molecular flexibility index (Phi) is 2.06. The molecule has 2 heteroatoms. The van der Waals surface area contributed by atoms with Crippen molar-refractivity contribution >= 4 is 32.4 Å². The molecule has 2 nitrogen and oxygen atoms in total. The zero-order valence-corrected chi connectivity index (χ0v) is 10.6. The second-order valence-corrected chi connectivity index (χ2v) is 4.85. The van der Waals surface area contributed by atoms with Gasteiger partial charge in [0.2, 0.25) is 0 Å². The summed E-state index contributed by atoms with van der Waals surface area (Å²) in [6.07, 6.45) is 3.90. The van der Waals surface area contributed by atoms with Gasteiger partial charge in [0, 0.05) is 39.6 Å². The fourth-order valence-electron chi connectivity index (χ4n) is 2.68. The molecule has 0 unspecified atom stereocenters. The standard InChI is InChI=1S/C17H12N2/c1-11-8-15-12(9-18-11)6-7-13-10-19-16-5-3-2-4-14(16)17(13)15/h2-10H,1H3. The van der Waals surface area contributed by atoms with E-state index in [1.165, 1.54) is 26.9 Å². The molecule has 0 atom stereocenters. The first-order valence-corrected chi connectivity index (χ1v) is 6.36. The molecule has 2 aromatic heterocycles. The molecular formula is C17H12N2. The molecule has 0 saturated carbocycles. The van der Waals surface area contributed by atoms with Crippen LogP contribution in [-0.4, -0.2) is 9.97 Å². The highest BCUT2D eigenvalue weighted by molar-refractivity contribution is 6.18. The van der Waals surface area contributed by atoms with Gasteiger partial charge in [-0.25, -0.2) is 0 Å². The van der Waals surface area contributed by atoms with E-state index in [2.05, 4.69) is 46.4 Å². The lowest BCUT2D eigenvalue weighted by Gasteiger charge is -2.07. The number of rotatable bonds is 0. The van der Waals surface area contributed by atoms with Crippen LogP contribution in [0.1, 0.15) is 5.69 Å². The molecule has 19 heavy (non-hydrogen) atoms. The van der Waals surface area contributed by atoms with Crippen molar-refractivity contribution in [3.8, 4) is 0 Å². The molecule has 2 aromatic carbocycles. The lowest BCUT2D eigenvalue weighted by molar-refractivity contribution is 1.23. The number of aryl methyl sites for hydroxylation is 1. The first-order valence-electron chi connectivity index (χ1n) is 6.36. The first kappa shape index (κ1) is 10.4. The Hall–Kier alpha value is -2.48. The number of para-hydroxylation sites is 1. The summed E-state index contributed by atoms with van der Waals surface area (Å²) in [5, 5.41) is 6.08. The predicted molar refractivity (Wildman–Crippen MR) is 79.3 cm³/mol. The summed E-state index contributed by atoms with van der Waals surface area (Å²) in [6, 6.07) is 14.7. The molecule has 0 spiro atoms. The minimum absolute atomic E-state index is 1.04. The van der Waals surface area contributed by atoms with Gasteiger partial charge in [-0.15, -0.1) is 0 Å². The molecule has 90 valence electrons. The van der Waals surface area contributed by atoms with Crippen molar-refractivity contribution in [3.63, 3.8) is 0 Å². The molecular weight excluding hydrogens is 232 g/mol. The van der Waals surface area contributed by atoms with E-state index in [1.54, 1.807) is 0 Å². The van der Waals surface area contributed by atoms with Crippen LogP contribution in [0, 0.1) is 6.92 Å². The molecule has 0 aliphatic carbocycles. The van der Waals surface area contributed by atoms with Crippen LogP contribution in [0.25, 0.3) is 32.4 Å². The predicted octanol–water partition coefficient (Wildman–Crippen LogP) is 4.24. The molecule has 2 heterocycles. The Bertz CT molecular complexity index is 921. The van der Waals surface area contributed by atoms with Gasteiger partial charge in [-0.1, -0.05) is 30.3 Å². The molecule has 0 aliphatic rings. The van der Waals surface area contributed by atoms with Crippen molar-refractivity contribution in [3.05, 3.63) is 60.6 Å². The van der Waals surface area contributed by atoms with Crippen LogP contribution >= 0.6 is 0 Å². The minimum atomic E-state index is 1.04. The highest BCUT2D eigenvalue weighted by Crippen LogP contribution is 2.30. The number of nitrogens with zero attached hydrogens (tertiary/aromatic N) is 2. The maximum Gasteiger partial charge on any atom is 0.0708 e. The molecule has 0 bridgehead atoms. The molecule has 0 saturated heterocycles. The van der Waals surface area contributed by atoms with Crippen molar-refractivity contribution in [2.45, 2.75) is 6.92 Å². The highest BCUT2D eigenvalue weighted by Gasteiger charge is 2.06. The van der Waals surface area contributed by atoms with Crippen LogP contribution in [0.15, 0.2) is 54.9 Å². The summed E-state index contributed by atoms with van der Waals surface area (Å²) < 4.78 is 0. The topological polar surface area (TPSA) is 25.8 Å². The van der Waals surface area contributed by atoms with Gasteiger partial charge in [0.25, 0.3) is 0 Å². The third-order valence-corrected chi connectivity index (χ3v) is 3.59. The summed E-state index contributed by atoms with van der Waals surface area (Å²) in [6.45, 7) is 2.03. The fraction of sp³-hybridized carbons (Fsp3) is 0.0588. The summed E-state index contributed by atoms with van der Waals surface area (Å²) in [5.74, 6) is 0. The third-order valence-electron chi connectivity index (χ3n) is 3.59. The molecule has 4 rings (SSSR count). The molecule has 4 aromatic rings. The lowest BCUT2D eigenvalue weighted by Crippen LogP contribution is -1.86. The molecule has 0 N–H and O–H groups in total. The number of aromatic nitrogens is 2. The van der Waals surface area contributed by atoms with Crippen molar-refractivity contribution < 1.29 is 0 Å². The van der Waals surface area contributed by atoms with Crippen LogP contribution in [-0.2, 0) is 0 Å². The van der Waals surface area contributed by atoms with E-state index in [0.29, 0.717) is 0 Å². The van der Waals surface area contributed by atoms with Crippen LogP contribution in [0.2, 0.25) is 0 Å². The van der Waals surface area contributed by atoms with Gasteiger partial charge < -0.3 is 0 Å². The maximum atomic E-state index is 4.52. The van der Waals surface area contributed by atoms with Crippen LogP contribution in [0.3, 0.4) is 0 Å². The van der Waals surface area contributed by atoms with Crippen LogP contribution in [0.5, 0.6) is 0 Å². The Morgan fingerprint density at radius 1 is 0.789 bits per heavy atom. The van der Waals surface area contributed by atoms with E-state index in [9.17, 15) is 0 Å². The SMILES string of the molecule is Cc1cc2c(ccc3cnc4ccccc4c32)cn1.